The fourth-order valence-corrected chi connectivity index (χ4v) is 4.73. The normalized spacial score (nSPS) is 13.8. The van der Waals surface area contributed by atoms with Crippen LogP contribution in [-0.4, -0.2) is 18.5 Å². The minimum absolute atomic E-state index is 0.218. The van der Waals surface area contributed by atoms with Gasteiger partial charge in [0.1, 0.15) is 6.61 Å². The van der Waals surface area contributed by atoms with Crippen LogP contribution < -0.4 is 9.47 Å². The van der Waals surface area contributed by atoms with Crippen LogP contribution in [0.2, 0.25) is 0 Å². The SMILES string of the molecule is CCOc1cc(/C=C2\N=C(c3ccc(-c4ccccc4)cc3)OC2=O)cc(Br)c1OCc1cccc(C)c1. The molecule has 0 fully saturated rings. The Balaban J connectivity index is 1.38. The van der Waals surface area contributed by atoms with E-state index in [0.29, 0.717) is 24.7 Å². The molecule has 0 saturated heterocycles. The van der Waals surface area contributed by atoms with Crippen molar-refractivity contribution in [1.82, 2.24) is 0 Å². The molecule has 0 atom stereocenters. The summed E-state index contributed by atoms with van der Waals surface area (Å²) in [4.78, 5) is 17.1. The van der Waals surface area contributed by atoms with Crippen LogP contribution in [0.15, 0.2) is 106 Å². The number of halogens is 1. The molecule has 0 amide bonds. The zero-order valence-electron chi connectivity index (χ0n) is 21.1. The Morgan fingerprint density at radius 1 is 0.868 bits per heavy atom. The lowest BCUT2D eigenvalue weighted by Gasteiger charge is -2.15. The van der Waals surface area contributed by atoms with Crippen LogP contribution in [0.5, 0.6) is 11.5 Å². The van der Waals surface area contributed by atoms with Crippen molar-refractivity contribution in [2.75, 3.05) is 6.61 Å². The molecule has 4 aromatic carbocycles. The predicted molar refractivity (Wildman–Crippen MR) is 153 cm³/mol. The number of ether oxygens (including phenoxy) is 3. The van der Waals surface area contributed by atoms with Crippen molar-refractivity contribution < 1.29 is 19.0 Å². The van der Waals surface area contributed by atoms with Crippen molar-refractivity contribution in [3.05, 3.63) is 123 Å². The zero-order chi connectivity index (χ0) is 26.5. The number of esters is 1. The maximum atomic E-state index is 12.6. The maximum Gasteiger partial charge on any atom is 0.363 e. The molecule has 1 heterocycles. The highest BCUT2D eigenvalue weighted by Crippen LogP contribution is 2.38. The summed E-state index contributed by atoms with van der Waals surface area (Å²) < 4.78 is 18.2. The molecule has 1 aliphatic rings. The summed E-state index contributed by atoms with van der Waals surface area (Å²) in [7, 11) is 0. The molecule has 1 aliphatic heterocycles. The first kappa shape index (κ1) is 25.5. The van der Waals surface area contributed by atoms with Crippen molar-refractivity contribution >= 4 is 33.9 Å². The van der Waals surface area contributed by atoms with Crippen molar-refractivity contribution in [3.63, 3.8) is 0 Å². The average Bonchev–Trinajstić information content (AvgIpc) is 3.29. The number of nitrogens with zero attached hydrogens (tertiary/aromatic N) is 1. The summed E-state index contributed by atoms with van der Waals surface area (Å²) in [6, 6.07) is 29.8. The molecule has 0 aromatic heterocycles. The Hall–Kier alpha value is -4.16. The van der Waals surface area contributed by atoms with E-state index < -0.39 is 5.97 Å². The van der Waals surface area contributed by atoms with Gasteiger partial charge in [0, 0.05) is 5.56 Å². The fourth-order valence-electron chi connectivity index (χ4n) is 4.16. The Labute approximate surface area is 230 Å². The highest BCUT2D eigenvalue weighted by atomic mass is 79.9. The second-order valence-electron chi connectivity index (χ2n) is 8.82. The first-order valence-electron chi connectivity index (χ1n) is 12.3. The smallest absolute Gasteiger partial charge is 0.363 e. The monoisotopic (exact) mass is 567 g/mol. The van der Waals surface area contributed by atoms with Crippen molar-refractivity contribution in [1.29, 1.82) is 0 Å². The van der Waals surface area contributed by atoms with E-state index in [2.05, 4.69) is 52.1 Å². The van der Waals surface area contributed by atoms with Crippen LogP contribution in [0.1, 0.15) is 29.2 Å². The summed E-state index contributed by atoms with van der Waals surface area (Å²) in [5.41, 5.74) is 6.12. The predicted octanol–water partition coefficient (Wildman–Crippen LogP) is 7.75. The van der Waals surface area contributed by atoms with Gasteiger partial charge in [0.25, 0.3) is 0 Å². The van der Waals surface area contributed by atoms with Gasteiger partial charge in [-0.1, -0.05) is 72.3 Å². The van der Waals surface area contributed by atoms with E-state index in [1.54, 1.807) is 6.08 Å². The van der Waals surface area contributed by atoms with E-state index in [1.807, 2.05) is 73.7 Å². The summed E-state index contributed by atoms with van der Waals surface area (Å²) in [6.07, 6.45) is 1.69. The minimum atomic E-state index is -0.499. The number of carbonyl (C=O) groups is 1. The summed E-state index contributed by atoms with van der Waals surface area (Å²) in [6.45, 7) is 4.84. The molecule has 0 N–H and O–H groups in total. The Morgan fingerprint density at radius 3 is 2.34 bits per heavy atom. The number of benzene rings is 4. The molecule has 0 radical (unpaired) electrons. The molecule has 6 heteroatoms. The molecular formula is C32H26BrNO4. The Morgan fingerprint density at radius 2 is 1.61 bits per heavy atom. The van der Waals surface area contributed by atoms with Crippen LogP contribution >= 0.6 is 15.9 Å². The summed E-state index contributed by atoms with van der Waals surface area (Å²) in [5, 5.41) is 0. The molecule has 38 heavy (non-hydrogen) atoms. The molecule has 0 unspecified atom stereocenters. The number of aryl methyl sites for hydroxylation is 1. The lowest BCUT2D eigenvalue weighted by atomic mass is 10.0. The van der Waals surface area contributed by atoms with Gasteiger partial charge in [0.05, 0.1) is 11.1 Å². The van der Waals surface area contributed by atoms with E-state index in [0.717, 1.165) is 32.3 Å². The highest BCUT2D eigenvalue weighted by Gasteiger charge is 2.24. The molecule has 4 aromatic rings. The molecule has 5 nitrogen and oxygen atoms in total. The average molecular weight is 568 g/mol. The summed E-state index contributed by atoms with van der Waals surface area (Å²) >= 11 is 3.61. The molecule has 190 valence electrons. The third kappa shape index (κ3) is 5.87. The van der Waals surface area contributed by atoms with Gasteiger partial charge in [-0.25, -0.2) is 9.79 Å². The van der Waals surface area contributed by atoms with E-state index in [9.17, 15) is 4.79 Å². The highest BCUT2D eigenvalue weighted by molar-refractivity contribution is 9.10. The quantitative estimate of drug-likeness (QED) is 0.161. The van der Waals surface area contributed by atoms with E-state index in [4.69, 9.17) is 14.2 Å². The third-order valence-corrected chi connectivity index (χ3v) is 6.55. The number of aliphatic imine (C=N–C) groups is 1. The minimum Gasteiger partial charge on any atom is -0.490 e. The fraction of sp³-hybridized carbons (Fsp3) is 0.125. The molecule has 5 rings (SSSR count). The van der Waals surface area contributed by atoms with Gasteiger partial charge in [-0.15, -0.1) is 0 Å². The number of cyclic esters (lactones) is 1. The van der Waals surface area contributed by atoms with Gasteiger partial charge in [-0.2, -0.15) is 0 Å². The van der Waals surface area contributed by atoms with Gasteiger partial charge in [-0.3, -0.25) is 0 Å². The lowest BCUT2D eigenvalue weighted by Crippen LogP contribution is -2.05. The van der Waals surface area contributed by atoms with Crippen LogP contribution in [0.3, 0.4) is 0 Å². The van der Waals surface area contributed by atoms with Crippen LogP contribution in [0.4, 0.5) is 0 Å². The van der Waals surface area contributed by atoms with Gasteiger partial charge in [0.2, 0.25) is 5.90 Å². The number of hydrogen-bond donors (Lipinski definition) is 0. The molecular weight excluding hydrogens is 542 g/mol. The van der Waals surface area contributed by atoms with Crippen LogP contribution in [0.25, 0.3) is 17.2 Å². The second kappa shape index (κ2) is 11.5. The van der Waals surface area contributed by atoms with Crippen molar-refractivity contribution in [3.8, 4) is 22.6 Å². The molecule has 0 aliphatic carbocycles. The zero-order valence-corrected chi connectivity index (χ0v) is 22.7. The first-order valence-corrected chi connectivity index (χ1v) is 13.1. The lowest BCUT2D eigenvalue weighted by molar-refractivity contribution is -0.129. The second-order valence-corrected chi connectivity index (χ2v) is 9.67. The third-order valence-electron chi connectivity index (χ3n) is 5.96. The Kier molecular flexibility index (Phi) is 7.70. The standard InChI is InChI=1S/C32H26BrNO4/c1-3-36-29-19-23(17-27(33)30(29)37-20-22-9-7-8-21(2)16-22)18-28-32(35)38-31(34-28)26-14-12-25(13-15-26)24-10-5-4-6-11-24/h4-19H,3,20H2,1-2H3/b28-18-. The number of carbonyl (C=O) groups excluding carboxylic acids is 1. The van der Waals surface area contributed by atoms with E-state index in [1.165, 1.54) is 5.56 Å². The molecule has 0 saturated carbocycles. The maximum absolute atomic E-state index is 12.6. The summed E-state index contributed by atoms with van der Waals surface area (Å²) in [5.74, 6) is 0.963. The topological polar surface area (TPSA) is 57.1 Å². The van der Waals surface area contributed by atoms with E-state index >= 15 is 0 Å². The first-order chi connectivity index (χ1) is 18.5. The van der Waals surface area contributed by atoms with Crippen LogP contribution in [0, 0.1) is 6.92 Å². The van der Waals surface area contributed by atoms with Gasteiger partial charge < -0.3 is 14.2 Å². The number of rotatable bonds is 8. The Bertz CT molecular complexity index is 1530. The van der Waals surface area contributed by atoms with E-state index in [-0.39, 0.29) is 11.6 Å². The van der Waals surface area contributed by atoms with Gasteiger partial charge in [-0.05, 0) is 82.4 Å². The van der Waals surface area contributed by atoms with Gasteiger partial charge in [0.15, 0.2) is 17.2 Å². The largest absolute Gasteiger partial charge is 0.490 e. The van der Waals surface area contributed by atoms with Crippen LogP contribution in [-0.2, 0) is 16.1 Å². The number of hydrogen-bond acceptors (Lipinski definition) is 5. The van der Waals surface area contributed by atoms with Gasteiger partial charge >= 0.3 is 5.97 Å². The molecule has 0 spiro atoms. The van der Waals surface area contributed by atoms with Crippen molar-refractivity contribution in [2.24, 2.45) is 4.99 Å². The molecule has 0 bridgehead atoms. The van der Waals surface area contributed by atoms with Crippen molar-refractivity contribution in [2.45, 2.75) is 20.5 Å².